The van der Waals surface area contributed by atoms with Crippen molar-refractivity contribution >= 4 is 11.9 Å². The zero-order valence-electron chi connectivity index (χ0n) is 14.3. The number of aryl methyl sites for hydroxylation is 1. The maximum Gasteiger partial charge on any atom is 0.345 e. The van der Waals surface area contributed by atoms with Crippen LogP contribution in [0.15, 0.2) is 34.9 Å². The maximum atomic E-state index is 12.0. The fourth-order valence-corrected chi connectivity index (χ4v) is 1.91. The summed E-state index contributed by atoms with van der Waals surface area (Å²) in [6, 6.07) is 8.81. The van der Waals surface area contributed by atoms with Crippen LogP contribution in [0.5, 0.6) is 11.6 Å². The summed E-state index contributed by atoms with van der Waals surface area (Å²) in [5, 5.41) is 6.28. The molecule has 0 spiro atoms. The summed E-state index contributed by atoms with van der Waals surface area (Å²) in [5.41, 5.74) is 0.900. The molecular formula is C17H20N2O6. The summed E-state index contributed by atoms with van der Waals surface area (Å²) in [6.45, 7) is 3.15. The van der Waals surface area contributed by atoms with E-state index in [2.05, 4.69) is 10.5 Å². The largest absolute Gasteiger partial charge is 0.497 e. The lowest BCUT2D eigenvalue weighted by molar-refractivity contribution is -0.156. The second-order valence-corrected chi connectivity index (χ2v) is 5.26. The van der Waals surface area contributed by atoms with Crippen molar-refractivity contribution in [3.05, 3.63) is 41.7 Å². The Morgan fingerprint density at radius 3 is 2.60 bits per heavy atom. The molecule has 1 aromatic carbocycles. The lowest BCUT2D eigenvalue weighted by atomic mass is 10.2. The third-order valence-corrected chi connectivity index (χ3v) is 3.25. The molecule has 25 heavy (non-hydrogen) atoms. The smallest absolute Gasteiger partial charge is 0.345 e. The normalized spacial score (nSPS) is 11.5. The molecule has 1 amide bonds. The van der Waals surface area contributed by atoms with Gasteiger partial charge in [-0.25, -0.2) is 4.79 Å². The number of carbonyl (C=O) groups is 2. The molecule has 2 rings (SSSR count). The Morgan fingerprint density at radius 1 is 1.28 bits per heavy atom. The minimum absolute atomic E-state index is 0.186. The number of esters is 1. The molecule has 0 radical (unpaired) electrons. The number of amides is 1. The second kappa shape index (κ2) is 8.72. The number of nitrogens with zero attached hydrogens (tertiary/aromatic N) is 1. The van der Waals surface area contributed by atoms with Crippen LogP contribution in [-0.2, 0) is 20.9 Å². The third-order valence-electron chi connectivity index (χ3n) is 3.25. The highest BCUT2D eigenvalue weighted by atomic mass is 16.6. The van der Waals surface area contributed by atoms with E-state index in [0.29, 0.717) is 12.3 Å². The molecule has 1 N–H and O–H groups in total. The number of aromatic nitrogens is 1. The van der Waals surface area contributed by atoms with E-state index < -0.39 is 18.0 Å². The number of hydrogen-bond acceptors (Lipinski definition) is 7. The zero-order valence-corrected chi connectivity index (χ0v) is 14.3. The summed E-state index contributed by atoms with van der Waals surface area (Å²) in [7, 11) is 1.58. The van der Waals surface area contributed by atoms with Crippen molar-refractivity contribution in [1.29, 1.82) is 0 Å². The van der Waals surface area contributed by atoms with Crippen molar-refractivity contribution < 1.29 is 28.3 Å². The Morgan fingerprint density at radius 2 is 2.00 bits per heavy atom. The third kappa shape index (κ3) is 5.83. The molecular weight excluding hydrogens is 328 g/mol. The van der Waals surface area contributed by atoms with Gasteiger partial charge in [0.25, 0.3) is 11.8 Å². The minimum atomic E-state index is -0.937. The van der Waals surface area contributed by atoms with Gasteiger partial charge in [0.05, 0.1) is 7.11 Å². The van der Waals surface area contributed by atoms with Gasteiger partial charge in [-0.1, -0.05) is 12.1 Å². The van der Waals surface area contributed by atoms with E-state index in [1.54, 1.807) is 26.2 Å². The van der Waals surface area contributed by atoms with Crippen molar-refractivity contribution in [2.45, 2.75) is 26.5 Å². The highest BCUT2D eigenvalue weighted by Crippen LogP contribution is 2.11. The highest BCUT2D eigenvalue weighted by Gasteiger charge is 2.18. The lowest BCUT2D eigenvalue weighted by Crippen LogP contribution is -2.36. The SMILES string of the molecule is COc1ccc(CNC(=O)[C@@H](C)OC(=O)COc2cc(C)on2)cc1. The maximum absolute atomic E-state index is 12.0. The van der Waals surface area contributed by atoms with Crippen LogP contribution in [-0.4, -0.2) is 36.9 Å². The van der Waals surface area contributed by atoms with Gasteiger partial charge in [-0.15, -0.1) is 0 Å². The second-order valence-electron chi connectivity index (χ2n) is 5.26. The zero-order chi connectivity index (χ0) is 18.2. The summed E-state index contributed by atoms with van der Waals surface area (Å²) in [6.07, 6.45) is -0.937. The fourth-order valence-electron chi connectivity index (χ4n) is 1.91. The molecule has 0 fully saturated rings. The highest BCUT2D eigenvalue weighted by molar-refractivity contribution is 5.83. The first-order chi connectivity index (χ1) is 12.0. The lowest BCUT2D eigenvalue weighted by Gasteiger charge is -2.13. The van der Waals surface area contributed by atoms with E-state index in [9.17, 15) is 9.59 Å². The molecule has 0 aliphatic rings. The van der Waals surface area contributed by atoms with Crippen LogP contribution >= 0.6 is 0 Å². The van der Waals surface area contributed by atoms with Crippen molar-refractivity contribution in [3.8, 4) is 11.6 Å². The van der Waals surface area contributed by atoms with Crippen LogP contribution in [0.2, 0.25) is 0 Å². The number of rotatable bonds is 8. The number of methoxy groups -OCH3 is 1. The Balaban J connectivity index is 1.72. The van der Waals surface area contributed by atoms with Gasteiger partial charge in [0.1, 0.15) is 11.5 Å². The Kier molecular flexibility index (Phi) is 6.39. The average molecular weight is 348 g/mol. The molecule has 0 aliphatic carbocycles. The Bertz CT molecular complexity index is 710. The topological polar surface area (TPSA) is 99.9 Å². The standard InChI is InChI=1S/C17H20N2O6/c1-11-8-15(19-25-11)23-10-16(20)24-12(2)17(21)18-9-13-4-6-14(22-3)7-5-13/h4-8,12H,9-10H2,1-3H3,(H,18,21)/t12-/m1/s1. The number of hydrogen-bond donors (Lipinski definition) is 1. The summed E-state index contributed by atoms with van der Waals surface area (Å²) < 4.78 is 20.0. The molecule has 1 aromatic heterocycles. The molecule has 2 aromatic rings. The monoisotopic (exact) mass is 348 g/mol. The first-order valence-electron chi connectivity index (χ1n) is 7.64. The Labute approximate surface area is 145 Å². The van der Waals surface area contributed by atoms with Gasteiger partial charge in [-0.3, -0.25) is 4.79 Å². The van der Waals surface area contributed by atoms with Crippen LogP contribution in [0, 0.1) is 6.92 Å². The molecule has 1 atom stereocenters. The van der Waals surface area contributed by atoms with Gasteiger partial charge in [0.2, 0.25) is 0 Å². The number of nitrogens with one attached hydrogen (secondary N) is 1. The van der Waals surface area contributed by atoms with Gasteiger partial charge in [0, 0.05) is 12.6 Å². The number of benzene rings is 1. The predicted molar refractivity (Wildman–Crippen MR) is 87.1 cm³/mol. The number of carbonyl (C=O) groups excluding carboxylic acids is 2. The van der Waals surface area contributed by atoms with E-state index in [-0.39, 0.29) is 12.5 Å². The molecule has 0 saturated heterocycles. The molecule has 0 bridgehead atoms. The van der Waals surface area contributed by atoms with Gasteiger partial charge < -0.3 is 24.1 Å². The van der Waals surface area contributed by atoms with E-state index in [1.807, 2.05) is 12.1 Å². The quantitative estimate of drug-likeness (QED) is 0.724. The van der Waals surface area contributed by atoms with E-state index in [0.717, 1.165) is 11.3 Å². The fraction of sp³-hybridized carbons (Fsp3) is 0.353. The van der Waals surface area contributed by atoms with E-state index in [1.165, 1.54) is 13.0 Å². The predicted octanol–water partition coefficient (Wildman–Crippen LogP) is 1.62. The van der Waals surface area contributed by atoms with Crippen LogP contribution in [0.3, 0.4) is 0 Å². The van der Waals surface area contributed by atoms with Crippen LogP contribution in [0.1, 0.15) is 18.2 Å². The Hall–Kier alpha value is -3.03. The van der Waals surface area contributed by atoms with Crippen molar-refractivity contribution in [2.75, 3.05) is 13.7 Å². The van der Waals surface area contributed by atoms with E-state index in [4.69, 9.17) is 18.7 Å². The van der Waals surface area contributed by atoms with Crippen LogP contribution in [0.4, 0.5) is 0 Å². The van der Waals surface area contributed by atoms with Crippen molar-refractivity contribution in [1.82, 2.24) is 10.5 Å². The van der Waals surface area contributed by atoms with Crippen molar-refractivity contribution in [2.24, 2.45) is 0 Å². The molecule has 1 heterocycles. The van der Waals surface area contributed by atoms with Gasteiger partial charge in [-0.05, 0) is 36.7 Å². The van der Waals surface area contributed by atoms with Gasteiger partial charge >= 0.3 is 5.97 Å². The average Bonchev–Trinajstić information content (AvgIpc) is 3.03. The van der Waals surface area contributed by atoms with Gasteiger partial charge in [-0.2, -0.15) is 0 Å². The summed E-state index contributed by atoms with van der Waals surface area (Å²) in [4.78, 5) is 23.7. The molecule has 8 nitrogen and oxygen atoms in total. The van der Waals surface area contributed by atoms with Crippen LogP contribution < -0.4 is 14.8 Å². The first kappa shape index (κ1) is 18.3. The molecule has 134 valence electrons. The molecule has 8 heteroatoms. The first-order valence-corrected chi connectivity index (χ1v) is 7.64. The number of ether oxygens (including phenoxy) is 3. The van der Waals surface area contributed by atoms with E-state index >= 15 is 0 Å². The summed E-state index contributed by atoms with van der Waals surface area (Å²) in [5.74, 6) is 0.412. The summed E-state index contributed by atoms with van der Waals surface area (Å²) >= 11 is 0. The molecule has 0 saturated carbocycles. The van der Waals surface area contributed by atoms with Crippen molar-refractivity contribution in [3.63, 3.8) is 0 Å². The molecule has 0 aliphatic heterocycles. The molecule has 0 unspecified atom stereocenters. The van der Waals surface area contributed by atoms with Gasteiger partial charge in [0.15, 0.2) is 12.7 Å². The van der Waals surface area contributed by atoms with Crippen LogP contribution in [0.25, 0.3) is 0 Å². The minimum Gasteiger partial charge on any atom is -0.497 e.